The van der Waals surface area contributed by atoms with Gasteiger partial charge < -0.3 is 5.32 Å². The Morgan fingerprint density at radius 1 is 1.22 bits per heavy atom. The van der Waals surface area contributed by atoms with Crippen LogP contribution >= 0.6 is 11.8 Å². The molecule has 0 radical (unpaired) electrons. The second-order valence-corrected chi connectivity index (χ2v) is 7.93. The van der Waals surface area contributed by atoms with Crippen LogP contribution in [0.15, 0.2) is 58.3 Å². The molecule has 2 aromatic rings. The molecule has 0 bridgehead atoms. The van der Waals surface area contributed by atoms with E-state index < -0.39 is 10.0 Å². The quantitative estimate of drug-likeness (QED) is 0.882. The molecule has 0 saturated carbocycles. The summed E-state index contributed by atoms with van der Waals surface area (Å²) in [5, 5.41) is 7.99. The van der Waals surface area contributed by atoms with Crippen molar-refractivity contribution in [1.29, 1.82) is 0 Å². The number of benzene rings is 2. The van der Waals surface area contributed by atoms with Crippen LogP contribution in [0, 0.1) is 0 Å². The second-order valence-electron chi connectivity index (χ2n) is 5.31. The Morgan fingerprint density at radius 3 is 2.78 bits per heavy atom. The number of rotatable bonds is 4. The zero-order chi connectivity index (χ0) is 16.4. The average Bonchev–Trinajstić information content (AvgIpc) is 2.96. The van der Waals surface area contributed by atoms with Gasteiger partial charge in [-0.3, -0.25) is 4.79 Å². The molecule has 23 heavy (non-hydrogen) atoms. The highest BCUT2D eigenvalue weighted by Gasteiger charge is 2.28. The zero-order valence-electron chi connectivity index (χ0n) is 12.2. The number of hydrogen-bond acceptors (Lipinski definition) is 4. The summed E-state index contributed by atoms with van der Waals surface area (Å²) in [5.41, 5.74) is 1.75. The van der Waals surface area contributed by atoms with Gasteiger partial charge in [-0.05, 0) is 29.3 Å². The molecule has 5 nitrogen and oxygen atoms in total. The molecule has 0 aromatic heterocycles. The van der Waals surface area contributed by atoms with Gasteiger partial charge in [-0.25, -0.2) is 13.6 Å². The summed E-state index contributed by atoms with van der Waals surface area (Å²) in [6, 6.07) is 14.2. The fourth-order valence-electron chi connectivity index (χ4n) is 2.52. The van der Waals surface area contributed by atoms with Crippen LogP contribution in [0.1, 0.15) is 17.0 Å². The number of hydrogen-bond donors (Lipinski definition) is 2. The number of carbonyl (C=O) groups is 1. The first-order valence-electron chi connectivity index (χ1n) is 7.06. The Balaban J connectivity index is 1.69. The lowest BCUT2D eigenvalue weighted by molar-refractivity contribution is -0.122. The third-order valence-electron chi connectivity index (χ3n) is 3.71. The van der Waals surface area contributed by atoms with Crippen LogP contribution in [0.25, 0.3) is 0 Å². The first-order chi connectivity index (χ1) is 10.9. The number of primary sulfonamides is 1. The Hall–Kier alpha value is -1.83. The molecular weight excluding hydrogens is 332 g/mol. The SMILES string of the molecule is NS(=O)(=O)c1cccc(CNC(=O)[C@@H]2CSc3ccccc32)c1. The summed E-state index contributed by atoms with van der Waals surface area (Å²) in [5.74, 6) is 0.503. The minimum Gasteiger partial charge on any atom is -0.351 e. The van der Waals surface area contributed by atoms with Gasteiger partial charge >= 0.3 is 0 Å². The molecule has 1 atom stereocenters. The zero-order valence-corrected chi connectivity index (χ0v) is 13.9. The van der Waals surface area contributed by atoms with Gasteiger partial charge in [0.2, 0.25) is 15.9 Å². The van der Waals surface area contributed by atoms with Crippen LogP contribution in [0.3, 0.4) is 0 Å². The van der Waals surface area contributed by atoms with Crippen molar-refractivity contribution in [2.75, 3.05) is 5.75 Å². The molecule has 0 saturated heterocycles. The number of sulfonamides is 1. The number of amides is 1. The van der Waals surface area contributed by atoms with Gasteiger partial charge in [0.05, 0.1) is 10.8 Å². The highest BCUT2D eigenvalue weighted by molar-refractivity contribution is 7.99. The van der Waals surface area contributed by atoms with Gasteiger partial charge in [0.25, 0.3) is 0 Å². The van der Waals surface area contributed by atoms with Crippen molar-refractivity contribution in [3.8, 4) is 0 Å². The Bertz CT molecular complexity index is 850. The molecule has 7 heteroatoms. The number of carbonyl (C=O) groups excluding carboxylic acids is 1. The first kappa shape index (κ1) is 16.0. The average molecular weight is 348 g/mol. The Labute approximate surface area is 139 Å². The second kappa shape index (κ2) is 6.35. The third kappa shape index (κ3) is 3.57. The normalized spacial score (nSPS) is 16.8. The summed E-state index contributed by atoms with van der Waals surface area (Å²) in [7, 11) is -3.74. The van der Waals surface area contributed by atoms with Crippen molar-refractivity contribution < 1.29 is 13.2 Å². The largest absolute Gasteiger partial charge is 0.351 e. The lowest BCUT2D eigenvalue weighted by Gasteiger charge is -2.12. The minimum absolute atomic E-state index is 0.0472. The maximum atomic E-state index is 12.4. The van der Waals surface area contributed by atoms with E-state index in [0.29, 0.717) is 5.56 Å². The fraction of sp³-hybridized carbons (Fsp3) is 0.188. The Morgan fingerprint density at radius 2 is 2.00 bits per heavy atom. The van der Waals surface area contributed by atoms with Gasteiger partial charge in [-0.1, -0.05) is 30.3 Å². The molecule has 3 N–H and O–H groups in total. The molecule has 1 heterocycles. The van der Waals surface area contributed by atoms with E-state index in [1.54, 1.807) is 23.9 Å². The van der Waals surface area contributed by atoms with Crippen molar-refractivity contribution in [2.24, 2.45) is 5.14 Å². The molecule has 3 rings (SSSR count). The summed E-state index contributed by atoms with van der Waals surface area (Å²) in [4.78, 5) is 13.6. The predicted octanol–water partition coefficient (Wildman–Crippen LogP) is 1.84. The molecule has 0 aliphatic carbocycles. The van der Waals surface area contributed by atoms with E-state index in [2.05, 4.69) is 5.32 Å². The first-order valence-corrected chi connectivity index (χ1v) is 9.59. The molecule has 0 spiro atoms. The summed E-state index contributed by atoms with van der Waals surface area (Å²) in [6.07, 6.45) is 0. The predicted molar refractivity (Wildman–Crippen MR) is 89.6 cm³/mol. The summed E-state index contributed by atoms with van der Waals surface area (Å²) < 4.78 is 22.7. The van der Waals surface area contributed by atoms with E-state index in [4.69, 9.17) is 5.14 Å². The summed E-state index contributed by atoms with van der Waals surface area (Å²) in [6.45, 7) is 0.269. The molecule has 0 fully saturated rings. The molecular formula is C16H16N2O3S2. The highest BCUT2D eigenvalue weighted by atomic mass is 32.2. The van der Waals surface area contributed by atoms with E-state index in [1.165, 1.54) is 12.1 Å². The van der Waals surface area contributed by atoms with E-state index >= 15 is 0 Å². The van der Waals surface area contributed by atoms with Crippen LogP contribution in [0.5, 0.6) is 0 Å². The number of nitrogens with one attached hydrogen (secondary N) is 1. The molecule has 1 aliphatic heterocycles. The van der Waals surface area contributed by atoms with Crippen LogP contribution < -0.4 is 10.5 Å². The smallest absolute Gasteiger partial charge is 0.238 e. The maximum Gasteiger partial charge on any atom is 0.238 e. The molecule has 0 unspecified atom stereocenters. The molecule has 2 aromatic carbocycles. The van der Waals surface area contributed by atoms with Crippen LogP contribution in [0.4, 0.5) is 0 Å². The van der Waals surface area contributed by atoms with Gasteiger partial charge in [0.15, 0.2) is 0 Å². The third-order valence-corrected chi connectivity index (χ3v) is 5.80. The number of thioether (sulfide) groups is 1. The lowest BCUT2D eigenvalue weighted by Crippen LogP contribution is -2.29. The van der Waals surface area contributed by atoms with E-state index in [0.717, 1.165) is 16.2 Å². The van der Waals surface area contributed by atoms with Gasteiger partial charge in [-0.15, -0.1) is 11.8 Å². The van der Waals surface area contributed by atoms with Crippen molar-refractivity contribution in [1.82, 2.24) is 5.32 Å². The monoisotopic (exact) mass is 348 g/mol. The Kier molecular flexibility index (Phi) is 4.43. The van der Waals surface area contributed by atoms with Gasteiger partial charge in [-0.2, -0.15) is 0 Å². The van der Waals surface area contributed by atoms with E-state index in [-0.39, 0.29) is 23.3 Å². The maximum absolute atomic E-state index is 12.4. The molecule has 1 aliphatic rings. The van der Waals surface area contributed by atoms with Crippen molar-refractivity contribution in [2.45, 2.75) is 22.3 Å². The van der Waals surface area contributed by atoms with Crippen LogP contribution in [-0.2, 0) is 21.4 Å². The minimum atomic E-state index is -3.74. The van der Waals surface area contributed by atoms with Crippen molar-refractivity contribution >= 4 is 27.7 Å². The van der Waals surface area contributed by atoms with Gasteiger partial charge in [0.1, 0.15) is 0 Å². The molecule has 1 amide bonds. The fourth-order valence-corrected chi connectivity index (χ4v) is 4.34. The number of fused-ring (bicyclic) bond motifs is 1. The van der Waals surface area contributed by atoms with E-state index in [1.807, 2.05) is 24.3 Å². The number of nitrogens with two attached hydrogens (primary N) is 1. The topological polar surface area (TPSA) is 89.3 Å². The van der Waals surface area contributed by atoms with Gasteiger partial charge in [0, 0.05) is 17.2 Å². The highest BCUT2D eigenvalue weighted by Crippen LogP contribution is 2.39. The standard InChI is InChI=1S/C16H16N2O3S2/c17-23(20,21)12-5-3-4-11(8-12)9-18-16(19)14-10-22-15-7-2-1-6-13(14)15/h1-8,14H,9-10H2,(H,18,19)(H2,17,20,21)/t14-/m1/s1. The molecule has 120 valence electrons. The van der Waals surface area contributed by atoms with Crippen LogP contribution in [-0.4, -0.2) is 20.1 Å². The van der Waals surface area contributed by atoms with Crippen LogP contribution in [0.2, 0.25) is 0 Å². The van der Waals surface area contributed by atoms with Crippen molar-refractivity contribution in [3.63, 3.8) is 0 Å². The lowest BCUT2D eigenvalue weighted by atomic mass is 10.0. The van der Waals surface area contributed by atoms with Crippen molar-refractivity contribution in [3.05, 3.63) is 59.7 Å². The summed E-state index contributed by atoms with van der Waals surface area (Å²) >= 11 is 1.68. The van der Waals surface area contributed by atoms with E-state index in [9.17, 15) is 13.2 Å².